The molecule has 0 atom stereocenters. The van der Waals surface area contributed by atoms with Gasteiger partial charge in [-0.3, -0.25) is 0 Å². The number of hydrogen-bond donors (Lipinski definition) is 1. The molecule has 0 aliphatic heterocycles. The average Bonchev–Trinajstić information content (AvgIpc) is 2.13. The van der Waals surface area contributed by atoms with E-state index in [2.05, 4.69) is 4.98 Å². The van der Waals surface area contributed by atoms with Crippen LogP contribution in [0.15, 0.2) is 12.3 Å². The van der Waals surface area contributed by atoms with Crippen LogP contribution in [-0.4, -0.2) is 39.0 Å². The topological polar surface area (TPSA) is 76.3 Å². The average molecular weight is 243 g/mol. The van der Waals surface area contributed by atoms with Crippen molar-refractivity contribution in [3.63, 3.8) is 0 Å². The van der Waals surface area contributed by atoms with E-state index >= 15 is 0 Å². The highest BCUT2D eigenvalue weighted by Crippen LogP contribution is 2.19. The lowest BCUT2D eigenvalue weighted by Crippen LogP contribution is -2.26. The molecule has 0 fully saturated rings. The van der Waals surface area contributed by atoms with E-state index in [0.717, 1.165) is 5.56 Å². The fraction of sp³-hybridized carbons (Fsp3) is 0.500. The highest BCUT2D eigenvalue weighted by Gasteiger charge is 2.10. The van der Waals surface area contributed by atoms with E-state index in [9.17, 15) is 8.42 Å². The Labute approximate surface area is 96.2 Å². The molecule has 0 radical (unpaired) electrons. The van der Waals surface area contributed by atoms with Gasteiger partial charge in [0.05, 0.1) is 11.4 Å². The molecule has 0 spiro atoms. The van der Waals surface area contributed by atoms with Gasteiger partial charge in [-0.2, -0.15) is 0 Å². The van der Waals surface area contributed by atoms with Crippen molar-refractivity contribution in [2.24, 2.45) is 0 Å². The largest absolute Gasteiger partial charge is 0.396 e. The first-order chi connectivity index (χ1) is 7.29. The Hall–Kier alpha value is -1.30. The number of pyridine rings is 1. The third kappa shape index (κ3) is 3.69. The molecule has 0 aromatic carbocycles. The Bertz CT molecular complexity index is 471. The summed E-state index contributed by atoms with van der Waals surface area (Å²) in [6.07, 6.45) is 2.93. The van der Waals surface area contributed by atoms with Crippen molar-refractivity contribution in [3.05, 3.63) is 17.8 Å². The molecule has 1 rings (SSSR count). The molecule has 16 heavy (non-hydrogen) atoms. The maximum absolute atomic E-state index is 11.0. The maximum Gasteiger partial charge on any atom is 0.151 e. The number of aryl methyl sites for hydroxylation is 1. The van der Waals surface area contributed by atoms with Crippen molar-refractivity contribution in [1.82, 2.24) is 4.98 Å². The summed E-state index contributed by atoms with van der Waals surface area (Å²) in [5.41, 5.74) is 7.36. The first kappa shape index (κ1) is 12.8. The number of sulfone groups is 1. The van der Waals surface area contributed by atoms with E-state index in [1.807, 2.05) is 13.0 Å². The summed E-state index contributed by atoms with van der Waals surface area (Å²) in [5.74, 6) is 0.715. The smallest absolute Gasteiger partial charge is 0.151 e. The first-order valence-corrected chi connectivity index (χ1v) is 6.96. The SMILES string of the molecule is Cc1cnc(N(C)CCS(C)(=O)=O)c(N)c1. The van der Waals surface area contributed by atoms with E-state index in [-0.39, 0.29) is 5.75 Å². The minimum absolute atomic E-state index is 0.0957. The predicted molar refractivity (Wildman–Crippen MR) is 66.4 cm³/mol. The van der Waals surface area contributed by atoms with Crippen LogP contribution in [0.4, 0.5) is 11.5 Å². The van der Waals surface area contributed by atoms with Crippen LogP contribution in [0.1, 0.15) is 5.56 Å². The molecule has 1 aromatic heterocycles. The van der Waals surface area contributed by atoms with Crippen LogP contribution in [0.3, 0.4) is 0 Å². The number of nitrogens with zero attached hydrogens (tertiary/aromatic N) is 2. The Kier molecular flexibility index (Phi) is 3.74. The minimum Gasteiger partial charge on any atom is -0.396 e. The van der Waals surface area contributed by atoms with E-state index in [4.69, 9.17) is 5.73 Å². The van der Waals surface area contributed by atoms with Crippen molar-refractivity contribution in [2.75, 3.05) is 36.2 Å². The van der Waals surface area contributed by atoms with E-state index in [1.165, 1.54) is 6.26 Å². The summed E-state index contributed by atoms with van der Waals surface area (Å²) in [5, 5.41) is 0. The number of nitrogens with two attached hydrogens (primary N) is 1. The lowest BCUT2D eigenvalue weighted by atomic mass is 10.3. The van der Waals surface area contributed by atoms with Gasteiger partial charge in [0, 0.05) is 26.0 Å². The van der Waals surface area contributed by atoms with Crippen molar-refractivity contribution in [3.8, 4) is 0 Å². The highest BCUT2D eigenvalue weighted by atomic mass is 32.2. The number of aromatic nitrogens is 1. The van der Waals surface area contributed by atoms with Crippen molar-refractivity contribution < 1.29 is 8.42 Å². The molecule has 90 valence electrons. The Morgan fingerprint density at radius 1 is 1.50 bits per heavy atom. The standard InChI is InChI=1S/C10H17N3O2S/c1-8-6-9(11)10(12-7-8)13(2)4-5-16(3,14)15/h6-7H,4-5,11H2,1-3H3. The van der Waals surface area contributed by atoms with Crippen molar-refractivity contribution in [2.45, 2.75) is 6.92 Å². The van der Waals surface area contributed by atoms with Crippen LogP contribution in [0, 0.1) is 6.92 Å². The molecule has 0 bridgehead atoms. The molecule has 5 nitrogen and oxygen atoms in total. The summed E-state index contributed by atoms with van der Waals surface area (Å²) >= 11 is 0. The van der Waals surface area contributed by atoms with Crippen LogP contribution >= 0.6 is 0 Å². The third-order valence-electron chi connectivity index (χ3n) is 2.19. The fourth-order valence-electron chi connectivity index (χ4n) is 1.31. The third-order valence-corrected chi connectivity index (χ3v) is 3.12. The zero-order chi connectivity index (χ0) is 12.3. The van der Waals surface area contributed by atoms with Crippen LogP contribution in [0.25, 0.3) is 0 Å². The second-order valence-corrected chi connectivity index (χ2v) is 6.24. The Morgan fingerprint density at radius 3 is 2.62 bits per heavy atom. The lowest BCUT2D eigenvalue weighted by Gasteiger charge is -2.19. The number of rotatable bonds is 4. The second kappa shape index (κ2) is 4.69. The zero-order valence-electron chi connectivity index (χ0n) is 9.77. The highest BCUT2D eigenvalue weighted by molar-refractivity contribution is 7.90. The van der Waals surface area contributed by atoms with Crippen LogP contribution < -0.4 is 10.6 Å². The minimum atomic E-state index is -2.96. The van der Waals surface area contributed by atoms with Gasteiger partial charge >= 0.3 is 0 Å². The van der Waals surface area contributed by atoms with Crippen LogP contribution in [0.2, 0.25) is 0 Å². The first-order valence-electron chi connectivity index (χ1n) is 4.90. The summed E-state index contributed by atoms with van der Waals surface area (Å²) in [6.45, 7) is 2.29. The monoisotopic (exact) mass is 243 g/mol. The van der Waals surface area contributed by atoms with Crippen LogP contribution in [0.5, 0.6) is 0 Å². The van der Waals surface area contributed by atoms with Crippen molar-refractivity contribution >= 4 is 21.3 Å². The zero-order valence-corrected chi connectivity index (χ0v) is 10.6. The van der Waals surface area contributed by atoms with Gasteiger partial charge in [-0.25, -0.2) is 13.4 Å². The number of anilines is 2. The van der Waals surface area contributed by atoms with Gasteiger partial charge in [0.15, 0.2) is 5.82 Å². The number of nitrogen functional groups attached to an aromatic ring is 1. The summed E-state index contributed by atoms with van der Waals surface area (Å²) in [6, 6.07) is 1.82. The second-order valence-electron chi connectivity index (χ2n) is 3.98. The molecule has 1 aromatic rings. The quantitative estimate of drug-likeness (QED) is 0.831. The van der Waals surface area contributed by atoms with Gasteiger partial charge in [0.2, 0.25) is 0 Å². The van der Waals surface area contributed by atoms with Gasteiger partial charge in [0.25, 0.3) is 0 Å². The Morgan fingerprint density at radius 2 is 2.12 bits per heavy atom. The number of hydrogen-bond acceptors (Lipinski definition) is 5. The lowest BCUT2D eigenvalue weighted by molar-refractivity contribution is 0.601. The molecule has 0 amide bonds. The van der Waals surface area contributed by atoms with Gasteiger partial charge < -0.3 is 10.6 Å². The molecule has 0 aliphatic carbocycles. The predicted octanol–water partition coefficient (Wildman–Crippen LogP) is 0.453. The van der Waals surface area contributed by atoms with Crippen LogP contribution in [-0.2, 0) is 9.84 Å². The van der Waals surface area contributed by atoms with E-state index < -0.39 is 9.84 Å². The van der Waals surface area contributed by atoms with E-state index in [0.29, 0.717) is 18.1 Å². The normalized spacial score (nSPS) is 11.4. The molecule has 1 heterocycles. The summed E-state index contributed by atoms with van der Waals surface area (Å²) in [7, 11) is -1.18. The van der Waals surface area contributed by atoms with Gasteiger partial charge in [0.1, 0.15) is 9.84 Å². The van der Waals surface area contributed by atoms with Crippen molar-refractivity contribution in [1.29, 1.82) is 0 Å². The molecule has 0 saturated heterocycles. The van der Waals surface area contributed by atoms with Gasteiger partial charge in [-0.05, 0) is 18.6 Å². The van der Waals surface area contributed by atoms with Gasteiger partial charge in [-0.1, -0.05) is 0 Å². The Balaban J connectivity index is 2.77. The fourth-order valence-corrected chi connectivity index (χ4v) is 1.92. The molecule has 0 saturated carbocycles. The summed E-state index contributed by atoms with van der Waals surface area (Å²) in [4.78, 5) is 5.93. The molecule has 0 unspecified atom stereocenters. The molecule has 0 aliphatic rings. The van der Waals surface area contributed by atoms with E-state index in [1.54, 1.807) is 18.1 Å². The summed E-state index contributed by atoms with van der Waals surface area (Å²) < 4.78 is 22.1. The molecule has 6 heteroatoms. The molecule has 2 N–H and O–H groups in total. The van der Waals surface area contributed by atoms with Gasteiger partial charge in [-0.15, -0.1) is 0 Å². The molecular formula is C10H17N3O2S. The maximum atomic E-state index is 11.0. The molecular weight excluding hydrogens is 226 g/mol.